The Morgan fingerprint density at radius 2 is 1.75 bits per heavy atom. The van der Waals surface area contributed by atoms with E-state index in [0.717, 1.165) is 11.8 Å². The summed E-state index contributed by atoms with van der Waals surface area (Å²) in [6.07, 6.45) is 0.674. The van der Waals surface area contributed by atoms with E-state index in [2.05, 4.69) is 0 Å². The van der Waals surface area contributed by atoms with E-state index in [1.807, 2.05) is 13.8 Å². The number of carboxylic acid groups (broad SMARTS) is 1. The maximum absolute atomic E-state index is 12.1. The van der Waals surface area contributed by atoms with Crippen molar-refractivity contribution in [1.29, 1.82) is 0 Å². The van der Waals surface area contributed by atoms with Crippen LogP contribution < -0.4 is 5.11 Å². The van der Waals surface area contributed by atoms with Crippen molar-refractivity contribution in [2.45, 2.75) is 36.8 Å². The van der Waals surface area contributed by atoms with E-state index in [0.29, 0.717) is 17.7 Å². The number of rotatable bonds is 3. The van der Waals surface area contributed by atoms with Crippen LogP contribution in [-0.2, 0) is 9.59 Å². The van der Waals surface area contributed by atoms with E-state index in [4.69, 9.17) is 0 Å². The third kappa shape index (κ3) is 3.10. The summed E-state index contributed by atoms with van der Waals surface area (Å²) < 4.78 is 0. The molecule has 4 nitrogen and oxygen atoms in total. The molecule has 1 aliphatic carbocycles. The molecule has 0 N–H and O–H groups in total. The number of hydrogen-bond donors (Lipinski definition) is 0. The van der Waals surface area contributed by atoms with Gasteiger partial charge in [-0.05, 0) is 11.5 Å². The molecule has 0 aromatic heterocycles. The summed E-state index contributed by atoms with van der Waals surface area (Å²) in [4.78, 5) is 35.6. The summed E-state index contributed by atoms with van der Waals surface area (Å²) in [6, 6.07) is 6.27. The highest BCUT2D eigenvalue weighted by Crippen LogP contribution is 2.38. The van der Waals surface area contributed by atoms with Crippen LogP contribution in [0.1, 0.15) is 37.0 Å². The zero-order valence-electron chi connectivity index (χ0n) is 11.3. The first kappa shape index (κ1) is 14.8. The fraction of sp³-hybridized carbons (Fsp3) is 0.400. The SMILES string of the molecule is CC1(C)CC(=O)C(Sc2ccccc2C(=O)[O-])C(=O)C1. The Morgan fingerprint density at radius 1 is 1.20 bits per heavy atom. The average molecular weight is 291 g/mol. The molecular weight excluding hydrogens is 276 g/mol. The molecule has 106 valence electrons. The van der Waals surface area contributed by atoms with Crippen molar-refractivity contribution in [3.8, 4) is 0 Å². The summed E-state index contributed by atoms with van der Waals surface area (Å²) in [7, 11) is 0. The molecule has 0 heterocycles. The van der Waals surface area contributed by atoms with Crippen LogP contribution >= 0.6 is 11.8 Å². The topological polar surface area (TPSA) is 74.3 Å². The molecule has 0 atom stereocenters. The van der Waals surface area contributed by atoms with E-state index in [1.165, 1.54) is 6.07 Å². The van der Waals surface area contributed by atoms with Crippen molar-refractivity contribution in [2.75, 3.05) is 0 Å². The molecule has 1 aliphatic rings. The fourth-order valence-electron chi connectivity index (χ4n) is 2.37. The zero-order valence-corrected chi connectivity index (χ0v) is 12.2. The second kappa shape index (κ2) is 5.40. The minimum atomic E-state index is -1.30. The number of Topliss-reactive ketones (excluding diaryl/α,β-unsaturated/α-hetero) is 2. The second-order valence-electron chi connectivity index (χ2n) is 5.73. The predicted octanol–water partition coefficient (Wildman–Crippen LogP) is 1.47. The van der Waals surface area contributed by atoms with Crippen LogP contribution in [-0.4, -0.2) is 22.8 Å². The molecule has 1 aromatic carbocycles. The van der Waals surface area contributed by atoms with Crippen LogP contribution in [0.2, 0.25) is 0 Å². The molecule has 0 saturated heterocycles. The first-order valence-corrected chi connectivity index (χ1v) is 7.20. The average Bonchev–Trinajstić information content (AvgIpc) is 2.33. The van der Waals surface area contributed by atoms with Crippen LogP contribution in [0, 0.1) is 5.41 Å². The highest BCUT2D eigenvalue weighted by atomic mass is 32.2. The molecule has 0 aliphatic heterocycles. The number of benzene rings is 1. The smallest absolute Gasteiger partial charge is 0.154 e. The van der Waals surface area contributed by atoms with Gasteiger partial charge in [0, 0.05) is 23.3 Å². The quantitative estimate of drug-likeness (QED) is 0.788. The Kier molecular flexibility index (Phi) is 3.99. The molecule has 0 radical (unpaired) electrons. The summed E-state index contributed by atoms with van der Waals surface area (Å²) in [6.45, 7) is 3.78. The second-order valence-corrected chi connectivity index (χ2v) is 6.88. The van der Waals surface area contributed by atoms with Crippen molar-refractivity contribution in [2.24, 2.45) is 5.41 Å². The van der Waals surface area contributed by atoms with E-state index < -0.39 is 11.2 Å². The van der Waals surface area contributed by atoms with Crippen LogP contribution in [0.5, 0.6) is 0 Å². The first-order valence-electron chi connectivity index (χ1n) is 6.33. The van der Waals surface area contributed by atoms with E-state index >= 15 is 0 Å². The van der Waals surface area contributed by atoms with Crippen molar-refractivity contribution < 1.29 is 19.5 Å². The Balaban J connectivity index is 2.25. The number of ketones is 2. The van der Waals surface area contributed by atoms with E-state index in [1.54, 1.807) is 18.2 Å². The van der Waals surface area contributed by atoms with E-state index in [9.17, 15) is 19.5 Å². The molecule has 0 bridgehead atoms. The van der Waals surface area contributed by atoms with Crippen LogP contribution in [0.3, 0.4) is 0 Å². The van der Waals surface area contributed by atoms with Crippen molar-refractivity contribution in [3.63, 3.8) is 0 Å². The molecule has 5 heteroatoms. The van der Waals surface area contributed by atoms with Gasteiger partial charge in [-0.25, -0.2) is 0 Å². The van der Waals surface area contributed by atoms with Gasteiger partial charge in [0.2, 0.25) is 0 Å². The largest absolute Gasteiger partial charge is 0.545 e. The lowest BCUT2D eigenvalue weighted by atomic mass is 9.76. The number of thioether (sulfide) groups is 1. The summed E-state index contributed by atoms with van der Waals surface area (Å²) in [5, 5.41) is 10.2. The van der Waals surface area contributed by atoms with E-state index in [-0.39, 0.29) is 22.5 Å². The number of hydrogen-bond acceptors (Lipinski definition) is 5. The normalized spacial score (nSPS) is 19.1. The van der Waals surface area contributed by atoms with Crippen molar-refractivity contribution >= 4 is 29.3 Å². The summed E-state index contributed by atoms with van der Waals surface area (Å²) in [5.41, 5.74) is -0.290. The van der Waals surface area contributed by atoms with Crippen LogP contribution in [0.25, 0.3) is 0 Å². The van der Waals surface area contributed by atoms with Crippen LogP contribution in [0.15, 0.2) is 29.2 Å². The fourth-order valence-corrected chi connectivity index (χ4v) is 3.49. The standard InChI is InChI=1S/C15H16O4S/c1-15(2)7-10(16)13(11(17)8-15)20-12-6-4-3-5-9(12)14(18)19/h3-6,13H,7-8H2,1-2H3,(H,18,19)/p-1. The molecule has 1 aromatic rings. The van der Waals surface area contributed by atoms with Gasteiger partial charge in [0.05, 0.1) is 5.97 Å². The molecule has 1 fully saturated rings. The van der Waals surface area contributed by atoms with Gasteiger partial charge < -0.3 is 9.90 Å². The van der Waals surface area contributed by atoms with Gasteiger partial charge in [0.15, 0.2) is 11.6 Å². The Labute approximate surface area is 121 Å². The van der Waals surface area contributed by atoms with Gasteiger partial charge in [-0.3, -0.25) is 9.59 Å². The monoisotopic (exact) mass is 291 g/mol. The third-order valence-corrected chi connectivity index (χ3v) is 4.61. The Morgan fingerprint density at radius 3 is 2.30 bits per heavy atom. The Hall–Kier alpha value is -1.62. The van der Waals surface area contributed by atoms with Crippen molar-refractivity contribution in [1.82, 2.24) is 0 Å². The van der Waals surface area contributed by atoms with Gasteiger partial charge in [-0.2, -0.15) is 0 Å². The number of aromatic carboxylic acids is 1. The van der Waals surface area contributed by atoms with Gasteiger partial charge in [0.1, 0.15) is 5.25 Å². The van der Waals surface area contributed by atoms with Gasteiger partial charge in [-0.1, -0.05) is 32.0 Å². The molecule has 1 saturated carbocycles. The summed E-state index contributed by atoms with van der Waals surface area (Å²) >= 11 is 1.02. The Bertz CT molecular complexity index is 557. The number of carbonyl (C=O) groups excluding carboxylic acids is 3. The highest BCUT2D eigenvalue weighted by molar-refractivity contribution is 8.01. The molecular formula is C15H15O4S-. The maximum atomic E-state index is 12.1. The van der Waals surface area contributed by atoms with Gasteiger partial charge in [-0.15, -0.1) is 11.8 Å². The molecule has 0 unspecified atom stereocenters. The molecule has 0 amide bonds. The van der Waals surface area contributed by atoms with Gasteiger partial charge >= 0.3 is 0 Å². The minimum Gasteiger partial charge on any atom is -0.545 e. The van der Waals surface area contributed by atoms with Crippen molar-refractivity contribution in [3.05, 3.63) is 29.8 Å². The lowest BCUT2D eigenvalue weighted by molar-refractivity contribution is -0.255. The first-order chi connectivity index (χ1) is 9.30. The predicted molar refractivity (Wildman–Crippen MR) is 73.4 cm³/mol. The number of carbonyl (C=O) groups is 3. The maximum Gasteiger partial charge on any atom is 0.154 e. The lowest BCUT2D eigenvalue weighted by Crippen LogP contribution is -2.39. The van der Waals surface area contributed by atoms with Crippen LogP contribution in [0.4, 0.5) is 0 Å². The summed E-state index contributed by atoms with van der Waals surface area (Å²) in [5.74, 6) is -1.57. The highest BCUT2D eigenvalue weighted by Gasteiger charge is 2.40. The van der Waals surface area contributed by atoms with Gasteiger partial charge in [0.25, 0.3) is 0 Å². The zero-order chi connectivity index (χ0) is 14.9. The lowest BCUT2D eigenvalue weighted by Gasteiger charge is -2.31. The molecule has 20 heavy (non-hydrogen) atoms. The molecule has 2 rings (SSSR count). The third-order valence-electron chi connectivity index (χ3n) is 3.24. The minimum absolute atomic E-state index is 0.0166. The molecule has 0 spiro atoms. The number of carboxylic acids is 1.